The highest BCUT2D eigenvalue weighted by molar-refractivity contribution is 7.09. The Bertz CT molecular complexity index is 689. The van der Waals surface area contributed by atoms with Crippen LogP contribution in [0.1, 0.15) is 33.9 Å². The van der Waals surface area contributed by atoms with Crippen LogP contribution in [0.3, 0.4) is 0 Å². The van der Waals surface area contributed by atoms with E-state index in [4.69, 9.17) is 5.73 Å². The van der Waals surface area contributed by atoms with Crippen LogP contribution in [0.15, 0.2) is 29.8 Å². The second-order valence-electron chi connectivity index (χ2n) is 4.27. The molecule has 1 unspecified atom stereocenters. The first kappa shape index (κ1) is 15.2. The predicted molar refractivity (Wildman–Crippen MR) is 80.3 cm³/mol. The number of amides is 1. The van der Waals surface area contributed by atoms with Gasteiger partial charge >= 0.3 is 0 Å². The number of rotatable bonds is 3. The van der Waals surface area contributed by atoms with E-state index in [1.165, 1.54) is 29.5 Å². The molecule has 108 valence electrons. The summed E-state index contributed by atoms with van der Waals surface area (Å²) in [4.78, 5) is 16.3. The molecule has 0 fully saturated rings. The van der Waals surface area contributed by atoms with E-state index >= 15 is 0 Å². The first-order valence-corrected chi connectivity index (χ1v) is 7.18. The number of carbonyl (C=O) groups is 1. The Kier molecular flexibility index (Phi) is 5.04. The van der Waals surface area contributed by atoms with Crippen LogP contribution < -0.4 is 11.1 Å². The lowest BCUT2D eigenvalue weighted by atomic mass is 10.1. The van der Waals surface area contributed by atoms with Crippen LogP contribution in [0.5, 0.6) is 0 Å². The fourth-order valence-electron chi connectivity index (χ4n) is 1.71. The number of nitrogens with zero attached hydrogens (tertiary/aromatic N) is 1. The smallest absolute Gasteiger partial charge is 0.254 e. The van der Waals surface area contributed by atoms with Crippen molar-refractivity contribution in [2.24, 2.45) is 5.73 Å². The summed E-state index contributed by atoms with van der Waals surface area (Å²) in [6.45, 7) is 2.01. The minimum absolute atomic E-state index is 0.0396. The Hall–Kier alpha value is -2.23. The number of nitrogens with two attached hydrogens (primary N) is 1. The molecule has 4 nitrogen and oxygen atoms in total. The van der Waals surface area contributed by atoms with E-state index in [-0.39, 0.29) is 18.2 Å². The van der Waals surface area contributed by atoms with Gasteiger partial charge in [-0.05, 0) is 25.1 Å². The molecule has 0 radical (unpaired) electrons. The summed E-state index contributed by atoms with van der Waals surface area (Å²) in [5.41, 5.74) is 5.80. The molecule has 0 saturated heterocycles. The van der Waals surface area contributed by atoms with Gasteiger partial charge in [-0.2, -0.15) is 0 Å². The lowest BCUT2D eigenvalue weighted by Crippen LogP contribution is -2.27. The Morgan fingerprint density at radius 1 is 1.57 bits per heavy atom. The monoisotopic (exact) mass is 303 g/mol. The largest absolute Gasteiger partial charge is 0.343 e. The molecule has 0 aliphatic heterocycles. The molecule has 3 N–H and O–H groups in total. The average molecular weight is 303 g/mol. The Labute approximate surface area is 126 Å². The number of benzene rings is 1. The molecule has 1 heterocycles. The Morgan fingerprint density at radius 2 is 2.38 bits per heavy atom. The predicted octanol–water partition coefficient (Wildman–Crippen LogP) is 2.08. The highest BCUT2D eigenvalue weighted by atomic mass is 32.1. The minimum atomic E-state index is -0.586. The maximum atomic E-state index is 13.8. The van der Waals surface area contributed by atoms with E-state index in [0.29, 0.717) is 5.56 Å². The number of hydrogen-bond donors (Lipinski definition) is 2. The SMILES string of the molecule is CC(NC(=O)c1cc(C#CCN)ccc1F)c1nccs1. The highest BCUT2D eigenvalue weighted by Crippen LogP contribution is 2.17. The van der Waals surface area contributed by atoms with Crippen LogP contribution in [-0.4, -0.2) is 17.4 Å². The third kappa shape index (κ3) is 3.88. The lowest BCUT2D eigenvalue weighted by Gasteiger charge is -2.11. The standard InChI is InChI=1S/C15H14FN3OS/c1-10(15-18-7-8-21-15)19-14(20)12-9-11(3-2-6-17)4-5-13(12)16/h4-5,7-10H,6,17H2,1H3,(H,19,20). The van der Waals surface area contributed by atoms with Crippen molar-refractivity contribution in [3.63, 3.8) is 0 Å². The van der Waals surface area contributed by atoms with Crippen LogP contribution in [0.2, 0.25) is 0 Å². The molecule has 2 aromatic rings. The molecular formula is C15H14FN3OS. The molecule has 0 spiro atoms. The van der Waals surface area contributed by atoms with Crippen molar-refractivity contribution >= 4 is 17.2 Å². The molecule has 0 aliphatic rings. The van der Waals surface area contributed by atoms with Crippen molar-refractivity contribution in [2.45, 2.75) is 13.0 Å². The van der Waals surface area contributed by atoms with Crippen molar-refractivity contribution in [3.05, 3.63) is 51.7 Å². The second kappa shape index (κ2) is 6.97. The molecular weight excluding hydrogens is 289 g/mol. The first-order valence-electron chi connectivity index (χ1n) is 6.30. The van der Waals surface area contributed by atoms with Crippen molar-refractivity contribution < 1.29 is 9.18 Å². The number of thiazole rings is 1. The van der Waals surface area contributed by atoms with Gasteiger partial charge in [0.05, 0.1) is 18.2 Å². The van der Waals surface area contributed by atoms with Crippen LogP contribution >= 0.6 is 11.3 Å². The summed E-state index contributed by atoms with van der Waals surface area (Å²) in [5.74, 6) is 4.36. The molecule has 21 heavy (non-hydrogen) atoms. The van der Waals surface area contributed by atoms with E-state index in [1.807, 2.05) is 5.38 Å². The van der Waals surface area contributed by atoms with E-state index in [2.05, 4.69) is 22.1 Å². The van der Waals surface area contributed by atoms with Crippen LogP contribution in [0.4, 0.5) is 4.39 Å². The molecule has 6 heteroatoms. The van der Waals surface area contributed by atoms with Crippen molar-refractivity contribution in [1.29, 1.82) is 0 Å². The van der Waals surface area contributed by atoms with Crippen LogP contribution in [0, 0.1) is 17.7 Å². The van der Waals surface area contributed by atoms with E-state index in [1.54, 1.807) is 13.1 Å². The Balaban J connectivity index is 2.18. The maximum absolute atomic E-state index is 13.8. The zero-order valence-electron chi connectivity index (χ0n) is 11.4. The van der Waals surface area contributed by atoms with Gasteiger partial charge in [0.1, 0.15) is 10.8 Å². The molecule has 0 bridgehead atoms. The zero-order chi connectivity index (χ0) is 15.2. The van der Waals surface area contributed by atoms with Gasteiger partial charge in [-0.1, -0.05) is 11.8 Å². The Morgan fingerprint density at radius 3 is 3.05 bits per heavy atom. The fourth-order valence-corrected chi connectivity index (χ4v) is 2.36. The van der Waals surface area contributed by atoms with Gasteiger partial charge in [-0.25, -0.2) is 9.37 Å². The lowest BCUT2D eigenvalue weighted by molar-refractivity contribution is 0.0935. The fraction of sp³-hybridized carbons (Fsp3) is 0.200. The molecule has 1 atom stereocenters. The summed E-state index contributed by atoms with van der Waals surface area (Å²) in [7, 11) is 0. The van der Waals surface area contributed by atoms with Crippen molar-refractivity contribution in [3.8, 4) is 11.8 Å². The third-order valence-corrected chi connectivity index (χ3v) is 3.67. The van der Waals surface area contributed by atoms with Crippen molar-refractivity contribution in [1.82, 2.24) is 10.3 Å². The maximum Gasteiger partial charge on any atom is 0.254 e. The molecule has 1 aromatic heterocycles. The summed E-state index contributed by atoms with van der Waals surface area (Å²) >= 11 is 1.43. The summed E-state index contributed by atoms with van der Waals surface area (Å²) in [5, 5.41) is 5.31. The van der Waals surface area contributed by atoms with Gasteiger partial charge in [-0.3, -0.25) is 4.79 Å². The molecule has 1 aromatic carbocycles. The van der Waals surface area contributed by atoms with Crippen LogP contribution in [0.25, 0.3) is 0 Å². The summed E-state index contributed by atoms with van der Waals surface area (Å²) in [6, 6.07) is 3.88. The van der Waals surface area contributed by atoms with E-state index in [9.17, 15) is 9.18 Å². The minimum Gasteiger partial charge on any atom is -0.343 e. The summed E-state index contributed by atoms with van der Waals surface area (Å²) < 4.78 is 13.8. The van der Waals surface area contributed by atoms with Gasteiger partial charge < -0.3 is 11.1 Å². The van der Waals surface area contributed by atoms with E-state index in [0.717, 1.165) is 5.01 Å². The second-order valence-corrected chi connectivity index (χ2v) is 5.19. The molecule has 0 saturated carbocycles. The van der Waals surface area contributed by atoms with Gasteiger partial charge in [0, 0.05) is 17.1 Å². The number of hydrogen-bond acceptors (Lipinski definition) is 4. The first-order chi connectivity index (χ1) is 10.1. The van der Waals surface area contributed by atoms with Crippen LogP contribution in [-0.2, 0) is 0 Å². The number of nitrogens with one attached hydrogen (secondary N) is 1. The van der Waals surface area contributed by atoms with E-state index < -0.39 is 11.7 Å². The molecule has 1 amide bonds. The van der Waals surface area contributed by atoms with Gasteiger partial charge in [0.25, 0.3) is 5.91 Å². The number of aromatic nitrogens is 1. The quantitative estimate of drug-likeness (QED) is 0.853. The normalized spacial score (nSPS) is 11.4. The molecule has 2 rings (SSSR count). The van der Waals surface area contributed by atoms with Gasteiger partial charge in [-0.15, -0.1) is 11.3 Å². The topological polar surface area (TPSA) is 68.0 Å². The third-order valence-electron chi connectivity index (χ3n) is 2.72. The highest BCUT2D eigenvalue weighted by Gasteiger charge is 2.16. The molecule has 0 aliphatic carbocycles. The van der Waals surface area contributed by atoms with Gasteiger partial charge in [0.2, 0.25) is 0 Å². The van der Waals surface area contributed by atoms with Crippen molar-refractivity contribution in [2.75, 3.05) is 6.54 Å². The average Bonchev–Trinajstić information content (AvgIpc) is 3.00. The van der Waals surface area contributed by atoms with Gasteiger partial charge in [0.15, 0.2) is 0 Å². The zero-order valence-corrected chi connectivity index (χ0v) is 12.2. The number of carbonyl (C=O) groups excluding carboxylic acids is 1. The number of halogens is 1. The summed E-state index contributed by atoms with van der Waals surface area (Å²) in [6.07, 6.45) is 1.66.